The number of nitrogens with zero attached hydrogens (tertiary/aromatic N) is 2. The zero-order chi connectivity index (χ0) is 20.9. The molecule has 0 bridgehead atoms. The molecule has 1 atom stereocenters. The van der Waals surface area contributed by atoms with Crippen molar-refractivity contribution in [2.45, 2.75) is 46.3 Å². The number of hydrogen-bond donors (Lipinski definition) is 3. The Labute approximate surface area is 174 Å². The maximum absolute atomic E-state index is 10.9. The highest BCUT2D eigenvalue weighted by Crippen LogP contribution is 2.27. The predicted octanol–water partition coefficient (Wildman–Crippen LogP) is 2.72. The number of furan rings is 1. The van der Waals surface area contributed by atoms with Crippen molar-refractivity contribution in [3.05, 3.63) is 58.5 Å². The van der Waals surface area contributed by atoms with Crippen LogP contribution in [0, 0.1) is 13.8 Å². The summed E-state index contributed by atoms with van der Waals surface area (Å²) in [6.45, 7) is 12.5. The molecule has 1 aromatic carbocycles. The van der Waals surface area contributed by atoms with Crippen LogP contribution in [0.2, 0.25) is 0 Å². The van der Waals surface area contributed by atoms with Crippen LogP contribution >= 0.6 is 0 Å². The number of aliphatic imine (C=N–C) groups is 1. The van der Waals surface area contributed by atoms with E-state index in [2.05, 4.69) is 44.8 Å². The molecule has 158 valence electrons. The number of guanidine groups is 1. The summed E-state index contributed by atoms with van der Waals surface area (Å²) in [5.74, 6) is 2.27. The van der Waals surface area contributed by atoms with E-state index in [1.165, 1.54) is 11.1 Å². The lowest BCUT2D eigenvalue weighted by Gasteiger charge is -2.29. The zero-order valence-corrected chi connectivity index (χ0v) is 18.1. The number of rotatable bonds is 7. The van der Waals surface area contributed by atoms with Gasteiger partial charge in [-0.25, -0.2) is 4.99 Å². The lowest BCUT2D eigenvalue weighted by Crippen LogP contribution is -2.43. The van der Waals surface area contributed by atoms with Crippen molar-refractivity contribution in [1.29, 1.82) is 0 Å². The topological polar surface area (TPSA) is 73.0 Å². The summed E-state index contributed by atoms with van der Waals surface area (Å²) in [7, 11) is 0. The number of aryl methyl sites for hydroxylation is 2. The molecule has 0 radical (unpaired) electrons. The Kier molecular flexibility index (Phi) is 6.98. The summed E-state index contributed by atoms with van der Waals surface area (Å²) >= 11 is 0. The van der Waals surface area contributed by atoms with E-state index in [0.29, 0.717) is 0 Å². The minimum atomic E-state index is -1.07. The Morgan fingerprint density at radius 3 is 2.69 bits per heavy atom. The molecule has 0 amide bonds. The van der Waals surface area contributed by atoms with Crippen LogP contribution in [0.15, 0.2) is 39.7 Å². The molecule has 6 nitrogen and oxygen atoms in total. The van der Waals surface area contributed by atoms with Gasteiger partial charge in [0, 0.05) is 38.3 Å². The lowest BCUT2D eigenvalue weighted by molar-refractivity contribution is 0.0657. The fourth-order valence-corrected chi connectivity index (χ4v) is 3.90. The first-order valence-corrected chi connectivity index (χ1v) is 10.5. The monoisotopic (exact) mass is 398 g/mol. The largest absolute Gasteiger partial charge is 0.466 e. The van der Waals surface area contributed by atoms with Gasteiger partial charge >= 0.3 is 0 Å². The Bertz CT molecular complexity index is 841. The van der Waals surface area contributed by atoms with Gasteiger partial charge in [-0.2, -0.15) is 0 Å². The Morgan fingerprint density at radius 2 is 2.00 bits per heavy atom. The summed E-state index contributed by atoms with van der Waals surface area (Å²) in [6.07, 6.45) is 1.11. The number of benzene rings is 1. The molecule has 1 aromatic heterocycles. The molecule has 3 rings (SSSR count). The minimum Gasteiger partial charge on any atom is -0.466 e. The molecule has 29 heavy (non-hydrogen) atoms. The molecular weight excluding hydrogens is 364 g/mol. The summed E-state index contributed by atoms with van der Waals surface area (Å²) in [4.78, 5) is 7.08. The average molecular weight is 399 g/mol. The van der Waals surface area contributed by atoms with E-state index in [4.69, 9.17) is 4.42 Å². The quantitative estimate of drug-likeness (QED) is 0.494. The third-order valence-corrected chi connectivity index (χ3v) is 5.44. The molecule has 0 spiro atoms. The second kappa shape index (κ2) is 9.46. The van der Waals surface area contributed by atoms with Crippen LogP contribution in [0.25, 0.3) is 0 Å². The highest BCUT2D eigenvalue weighted by molar-refractivity contribution is 5.79. The van der Waals surface area contributed by atoms with Gasteiger partial charge in [-0.15, -0.1) is 0 Å². The van der Waals surface area contributed by atoms with Crippen LogP contribution < -0.4 is 10.6 Å². The molecule has 2 heterocycles. The van der Waals surface area contributed by atoms with E-state index in [0.717, 1.165) is 62.2 Å². The molecule has 0 fully saturated rings. The standard InChI is InChI=1S/C23H34N4O2/c1-5-24-22(26-16-23(4,28)21-14-17(2)29-18(21)3)25-11-13-27-12-10-19-8-6-7-9-20(19)15-27/h6-9,14,28H,5,10-13,15-16H2,1-4H3,(H2,24,25,26). The normalized spacial score (nSPS) is 16.9. The maximum atomic E-state index is 10.9. The Hall–Kier alpha value is -2.31. The first-order valence-electron chi connectivity index (χ1n) is 10.5. The van der Waals surface area contributed by atoms with Crippen molar-refractivity contribution in [3.63, 3.8) is 0 Å². The summed E-state index contributed by atoms with van der Waals surface area (Å²) < 4.78 is 5.57. The molecule has 0 saturated heterocycles. The Morgan fingerprint density at radius 1 is 1.24 bits per heavy atom. The van der Waals surface area contributed by atoms with E-state index in [-0.39, 0.29) is 6.54 Å². The second-order valence-corrected chi connectivity index (χ2v) is 8.02. The van der Waals surface area contributed by atoms with Gasteiger partial charge in [0.25, 0.3) is 0 Å². The van der Waals surface area contributed by atoms with Gasteiger partial charge in [-0.1, -0.05) is 24.3 Å². The number of aliphatic hydroxyl groups is 1. The van der Waals surface area contributed by atoms with Crippen molar-refractivity contribution in [3.8, 4) is 0 Å². The van der Waals surface area contributed by atoms with Gasteiger partial charge < -0.3 is 20.2 Å². The van der Waals surface area contributed by atoms with Crippen molar-refractivity contribution in [2.75, 3.05) is 32.7 Å². The molecular formula is C23H34N4O2. The summed E-state index contributed by atoms with van der Waals surface area (Å²) in [6, 6.07) is 10.6. The third kappa shape index (κ3) is 5.61. The summed E-state index contributed by atoms with van der Waals surface area (Å²) in [5.41, 5.74) is 2.63. The maximum Gasteiger partial charge on any atom is 0.191 e. The highest BCUT2D eigenvalue weighted by Gasteiger charge is 2.27. The predicted molar refractivity (Wildman–Crippen MR) is 117 cm³/mol. The number of fused-ring (bicyclic) bond motifs is 1. The second-order valence-electron chi connectivity index (χ2n) is 8.02. The van der Waals surface area contributed by atoms with E-state index in [1.54, 1.807) is 6.92 Å². The van der Waals surface area contributed by atoms with Crippen LogP contribution in [0.5, 0.6) is 0 Å². The van der Waals surface area contributed by atoms with Crippen LogP contribution in [-0.4, -0.2) is 48.7 Å². The van der Waals surface area contributed by atoms with Crippen LogP contribution in [0.1, 0.15) is 42.1 Å². The molecule has 6 heteroatoms. The van der Waals surface area contributed by atoms with E-state index in [1.807, 2.05) is 26.8 Å². The Balaban J connectivity index is 1.54. The molecule has 1 aliphatic heterocycles. The van der Waals surface area contributed by atoms with Crippen molar-refractivity contribution in [1.82, 2.24) is 15.5 Å². The van der Waals surface area contributed by atoms with Gasteiger partial charge in [0.1, 0.15) is 17.1 Å². The smallest absolute Gasteiger partial charge is 0.191 e. The molecule has 3 N–H and O–H groups in total. The van der Waals surface area contributed by atoms with Crippen LogP contribution in [0.3, 0.4) is 0 Å². The van der Waals surface area contributed by atoms with Crippen molar-refractivity contribution in [2.24, 2.45) is 4.99 Å². The molecule has 1 aliphatic rings. The number of hydrogen-bond acceptors (Lipinski definition) is 4. The lowest BCUT2D eigenvalue weighted by atomic mass is 9.96. The molecule has 1 unspecified atom stereocenters. The van der Waals surface area contributed by atoms with Crippen molar-refractivity contribution >= 4 is 5.96 Å². The van der Waals surface area contributed by atoms with E-state index in [9.17, 15) is 5.11 Å². The molecule has 0 aliphatic carbocycles. The number of nitrogens with one attached hydrogen (secondary N) is 2. The average Bonchev–Trinajstić information content (AvgIpc) is 3.05. The molecule has 0 saturated carbocycles. The third-order valence-electron chi connectivity index (χ3n) is 5.44. The van der Waals surface area contributed by atoms with Gasteiger partial charge in [-0.3, -0.25) is 4.90 Å². The fraction of sp³-hybridized carbons (Fsp3) is 0.522. The van der Waals surface area contributed by atoms with Gasteiger partial charge in [0.2, 0.25) is 0 Å². The van der Waals surface area contributed by atoms with Crippen LogP contribution in [-0.2, 0) is 18.6 Å². The van der Waals surface area contributed by atoms with E-state index < -0.39 is 5.60 Å². The SMILES string of the molecule is CCNC(=NCC(C)(O)c1cc(C)oc1C)NCCN1CCc2ccccc2C1. The fourth-order valence-electron chi connectivity index (χ4n) is 3.90. The van der Waals surface area contributed by atoms with Crippen LogP contribution in [0.4, 0.5) is 0 Å². The first-order chi connectivity index (χ1) is 13.9. The van der Waals surface area contributed by atoms with Gasteiger partial charge in [0.05, 0.1) is 6.54 Å². The minimum absolute atomic E-state index is 0.263. The molecule has 2 aromatic rings. The van der Waals surface area contributed by atoms with Gasteiger partial charge in [-0.05, 0) is 51.3 Å². The van der Waals surface area contributed by atoms with E-state index >= 15 is 0 Å². The zero-order valence-electron chi connectivity index (χ0n) is 18.1. The van der Waals surface area contributed by atoms with Crippen molar-refractivity contribution < 1.29 is 9.52 Å². The summed E-state index contributed by atoms with van der Waals surface area (Å²) in [5, 5.41) is 17.6. The van der Waals surface area contributed by atoms with Gasteiger partial charge in [0.15, 0.2) is 5.96 Å². The first kappa shape index (κ1) is 21.4. The highest BCUT2D eigenvalue weighted by atomic mass is 16.3.